The normalized spacial score (nSPS) is 10.1. The number of allylic oxidation sites excluding steroid dienone is 2. The molecule has 16 heavy (non-hydrogen) atoms. The Hall–Kier alpha value is -1.37. The minimum absolute atomic E-state index is 0.139. The maximum absolute atomic E-state index is 11.5. The van der Waals surface area contributed by atoms with Crippen LogP contribution in [0.1, 0.15) is 54.7 Å². The van der Waals surface area contributed by atoms with Crippen LogP contribution < -0.4 is 0 Å². The van der Waals surface area contributed by atoms with E-state index in [-0.39, 0.29) is 5.78 Å². The van der Waals surface area contributed by atoms with Crippen LogP contribution in [0.5, 0.6) is 0 Å². The number of rotatable bonds is 2. The third kappa shape index (κ3) is 2.24. The summed E-state index contributed by atoms with van der Waals surface area (Å²) in [7, 11) is 0. The van der Waals surface area contributed by atoms with Crippen LogP contribution >= 0.6 is 0 Å². The van der Waals surface area contributed by atoms with Crippen LogP contribution in [0.2, 0.25) is 0 Å². The van der Waals surface area contributed by atoms with Gasteiger partial charge in [-0.15, -0.1) is 0 Å². The topological polar surface area (TPSA) is 17.1 Å². The fourth-order valence-corrected chi connectivity index (χ4v) is 2.06. The van der Waals surface area contributed by atoms with Gasteiger partial charge in [0.05, 0.1) is 0 Å². The van der Waals surface area contributed by atoms with Crippen molar-refractivity contribution < 1.29 is 4.79 Å². The lowest BCUT2D eigenvalue weighted by Crippen LogP contribution is -2.02. The van der Waals surface area contributed by atoms with E-state index in [9.17, 15) is 4.79 Å². The highest BCUT2D eigenvalue weighted by atomic mass is 16.1. The first kappa shape index (κ1) is 12.7. The van der Waals surface area contributed by atoms with Crippen LogP contribution in [-0.2, 0) is 0 Å². The second-order valence-electron chi connectivity index (χ2n) is 4.61. The first-order valence-electron chi connectivity index (χ1n) is 5.61. The molecule has 1 heteroatoms. The third-order valence-electron chi connectivity index (χ3n) is 3.18. The molecule has 86 valence electrons. The molecule has 0 aliphatic rings. The molecule has 0 fully saturated rings. The summed E-state index contributed by atoms with van der Waals surface area (Å²) in [4.78, 5) is 11.5. The molecule has 0 aromatic heterocycles. The molecule has 1 nitrogen and oxygen atoms in total. The predicted octanol–water partition coefficient (Wildman–Crippen LogP) is 4.32. The number of Topliss-reactive ketones (excluding diaryl/α,β-unsaturated/α-hetero) is 1. The molecule has 0 aliphatic heterocycles. The highest BCUT2D eigenvalue weighted by Crippen LogP contribution is 2.27. The molecule has 0 atom stereocenters. The van der Waals surface area contributed by atoms with Crippen molar-refractivity contribution in [2.75, 3.05) is 0 Å². The minimum Gasteiger partial charge on any atom is -0.295 e. The monoisotopic (exact) mass is 216 g/mol. The van der Waals surface area contributed by atoms with Gasteiger partial charge >= 0.3 is 0 Å². The Balaban J connectivity index is 3.56. The lowest BCUT2D eigenvalue weighted by molar-refractivity contribution is 0.101. The number of hydrogen-bond acceptors (Lipinski definition) is 1. The van der Waals surface area contributed by atoms with E-state index in [4.69, 9.17) is 0 Å². The largest absolute Gasteiger partial charge is 0.295 e. The molecule has 0 amide bonds. The van der Waals surface area contributed by atoms with Gasteiger partial charge in [0.1, 0.15) is 0 Å². The SMILES string of the molecule is CC(=O)c1ccc(C)c(C(C)=C(C)C)c1C. The fraction of sp³-hybridized carbons (Fsp3) is 0.400. The van der Waals surface area contributed by atoms with Gasteiger partial charge < -0.3 is 0 Å². The minimum atomic E-state index is 0.139. The molecular weight excluding hydrogens is 196 g/mol. The summed E-state index contributed by atoms with van der Waals surface area (Å²) in [6.07, 6.45) is 0. The molecule has 0 radical (unpaired) electrons. The molecule has 0 spiro atoms. The quantitative estimate of drug-likeness (QED) is 0.673. The molecule has 0 N–H and O–H groups in total. The maximum atomic E-state index is 11.5. The zero-order valence-corrected chi connectivity index (χ0v) is 11.1. The van der Waals surface area contributed by atoms with E-state index in [0.717, 1.165) is 11.1 Å². The van der Waals surface area contributed by atoms with E-state index >= 15 is 0 Å². The van der Waals surface area contributed by atoms with E-state index in [1.807, 2.05) is 19.1 Å². The smallest absolute Gasteiger partial charge is 0.160 e. The van der Waals surface area contributed by atoms with Gasteiger partial charge in [0, 0.05) is 5.56 Å². The van der Waals surface area contributed by atoms with E-state index in [2.05, 4.69) is 27.7 Å². The average Bonchev–Trinajstić information content (AvgIpc) is 2.16. The van der Waals surface area contributed by atoms with Crippen molar-refractivity contribution in [1.29, 1.82) is 0 Å². The molecule has 0 heterocycles. The summed E-state index contributed by atoms with van der Waals surface area (Å²) in [5, 5.41) is 0. The van der Waals surface area contributed by atoms with Gasteiger partial charge in [-0.25, -0.2) is 0 Å². The van der Waals surface area contributed by atoms with Gasteiger partial charge in [0.25, 0.3) is 0 Å². The van der Waals surface area contributed by atoms with Crippen molar-refractivity contribution >= 4 is 11.4 Å². The third-order valence-corrected chi connectivity index (χ3v) is 3.18. The highest BCUT2D eigenvalue weighted by Gasteiger charge is 2.12. The van der Waals surface area contributed by atoms with Crippen molar-refractivity contribution in [3.8, 4) is 0 Å². The molecule has 0 saturated carbocycles. The molecule has 1 aromatic rings. The van der Waals surface area contributed by atoms with Crippen molar-refractivity contribution in [1.82, 2.24) is 0 Å². The van der Waals surface area contributed by atoms with Crippen LogP contribution in [0.25, 0.3) is 5.57 Å². The number of benzene rings is 1. The zero-order valence-electron chi connectivity index (χ0n) is 11.1. The standard InChI is InChI=1S/C15H20O/c1-9(2)11(4)15-10(3)7-8-14(12(15)5)13(6)16/h7-8H,1-6H3. The van der Waals surface area contributed by atoms with Gasteiger partial charge in [0.2, 0.25) is 0 Å². The van der Waals surface area contributed by atoms with Gasteiger partial charge in [-0.3, -0.25) is 4.79 Å². The Morgan fingerprint density at radius 1 is 1.00 bits per heavy atom. The highest BCUT2D eigenvalue weighted by molar-refractivity contribution is 5.97. The Kier molecular flexibility index (Phi) is 3.69. The van der Waals surface area contributed by atoms with Gasteiger partial charge in [-0.05, 0) is 63.8 Å². The van der Waals surface area contributed by atoms with Gasteiger partial charge in [-0.1, -0.05) is 17.7 Å². The summed E-state index contributed by atoms with van der Waals surface area (Å²) in [5.74, 6) is 0.139. The lowest BCUT2D eigenvalue weighted by atomic mass is 9.90. The Labute approximate surface area is 98.2 Å². The summed E-state index contributed by atoms with van der Waals surface area (Å²) in [6.45, 7) is 12.1. The summed E-state index contributed by atoms with van der Waals surface area (Å²) < 4.78 is 0. The number of carbonyl (C=O) groups excluding carboxylic acids is 1. The van der Waals surface area contributed by atoms with Crippen LogP contribution in [0.15, 0.2) is 17.7 Å². The first-order valence-corrected chi connectivity index (χ1v) is 5.61. The molecule has 0 saturated heterocycles. The van der Waals surface area contributed by atoms with Crippen molar-refractivity contribution in [2.24, 2.45) is 0 Å². The van der Waals surface area contributed by atoms with Crippen molar-refractivity contribution in [3.05, 3.63) is 40.0 Å². The number of aryl methyl sites for hydroxylation is 1. The second-order valence-corrected chi connectivity index (χ2v) is 4.61. The molecular formula is C15H20O. The molecule has 1 aromatic carbocycles. The van der Waals surface area contributed by atoms with Crippen LogP contribution in [0.3, 0.4) is 0 Å². The van der Waals surface area contributed by atoms with E-state index in [0.29, 0.717) is 0 Å². The van der Waals surface area contributed by atoms with E-state index < -0.39 is 0 Å². The second kappa shape index (κ2) is 4.65. The van der Waals surface area contributed by atoms with Crippen LogP contribution in [0.4, 0.5) is 0 Å². The summed E-state index contributed by atoms with van der Waals surface area (Å²) >= 11 is 0. The molecule has 0 unspecified atom stereocenters. The summed E-state index contributed by atoms with van der Waals surface area (Å²) in [5.41, 5.74) is 6.98. The number of ketones is 1. The number of carbonyl (C=O) groups is 1. The Bertz CT molecular complexity index is 461. The Morgan fingerprint density at radius 2 is 1.56 bits per heavy atom. The molecule has 0 aliphatic carbocycles. The predicted molar refractivity (Wildman–Crippen MR) is 69.9 cm³/mol. The first-order chi connectivity index (χ1) is 7.36. The Morgan fingerprint density at radius 3 is 2.00 bits per heavy atom. The van der Waals surface area contributed by atoms with E-state index in [1.165, 1.54) is 22.3 Å². The maximum Gasteiger partial charge on any atom is 0.160 e. The molecule has 0 bridgehead atoms. The number of hydrogen-bond donors (Lipinski definition) is 0. The fourth-order valence-electron chi connectivity index (χ4n) is 2.06. The van der Waals surface area contributed by atoms with Gasteiger partial charge in [0.15, 0.2) is 5.78 Å². The zero-order chi connectivity index (χ0) is 12.5. The summed E-state index contributed by atoms with van der Waals surface area (Å²) in [6, 6.07) is 3.96. The average molecular weight is 216 g/mol. The van der Waals surface area contributed by atoms with Crippen LogP contribution in [0, 0.1) is 13.8 Å². The van der Waals surface area contributed by atoms with E-state index in [1.54, 1.807) is 6.92 Å². The van der Waals surface area contributed by atoms with Crippen molar-refractivity contribution in [2.45, 2.75) is 41.5 Å². The lowest BCUT2D eigenvalue weighted by Gasteiger charge is -2.15. The van der Waals surface area contributed by atoms with Gasteiger partial charge in [-0.2, -0.15) is 0 Å². The van der Waals surface area contributed by atoms with Crippen LogP contribution in [-0.4, -0.2) is 5.78 Å². The molecule has 1 rings (SSSR count). The van der Waals surface area contributed by atoms with Crippen molar-refractivity contribution in [3.63, 3.8) is 0 Å².